The Kier molecular flexibility index (Phi) is 6.68. The van der Waals surface area contributed by atoms with Gasteiger partial charge in [0.05, 0.1) is 29.8 Å². The molecule has 2 saturated heterocycles. The predicted molar refractivity (Wildman–Crippen MR) is 132 cm³/mol. The Balaban J connectivity index is 0.000000200. The molecule has 34 heavy (non-hydrogen) atoms. The van der Waals surface area contributed by atoms with Gasteiger partial charge in [-0.25, -0.2) is 9.37 Å². The fourth-order valence-electron chi connectivity index (χ4n) is 4.31. The number of hydrogen-bond donors (Lipinski definition) is 2. The summed E-state index contributed by atoms with van der Waals surface area (Å²) >= 11 is 0. The number of nitrogens with zero attached hydrogens (tertiary/aromatic N) is 5. The molecule has 0 spiro atoms. The molecule has 2 aromatic heterocycles. The van der Waals surface area contributed by atoms with Crippen LogP contribution in [0.15, 0.2) is 60.8 Å². The van der Waals surface area contributed by atoms with E-state index in [4.69, 9.17) is 10.6 Å². The van der Waals surface area contributed by atoms with Crippen molar-refractivity contribution in [2.75, 3.05) is 51.3 Å². The number of aromatic amines is 1. The predicted octanol–water partition coefficient (Wildman–Crippen LogP) is 3.09. The summed E-state index contributed by atoms with van der Waals surface area (Å²) in [7, 11) is 2.14. The van der Waals surface area contributed by atoms with Gasteiger partial charge < -0.3 is 19.5 Å². The lowest BCUT2D eigenvalue weighted by atomic mass is 10.2. The smallest absolute Gasteiger partial charge is 0.189 e. The van der Waals surface area contributed by atoms with Crippen molar-refractivity contribution < 1.29 is 9.13 Å². The van der Waals surface area contributed by atoms with Crippen LogP contribution in [-0.4, -0.2) is 77.6 Å². The van der Waals surface area contributed by atoms with E-state index in [1.54, 1.807) is 0 Å². The van der Waals surface area contributed by atoms with Crippen LogP contribution < -0.4 is 10.7 Å². The van der Waals surface area contributed by atoms with Crippen molar-refractivity contribution in [3.63, 3.8) is 0 Å². The summed E-state index contributed by atoms with van der Waals surface area (Å²) in [6, 6.07) is 17.9. The number of rotatable bonds is 2. The van der Waals surface area contributed by atoms with Crippen molar-refractivity contribution in [3.8, 4) is 0 Å². The number of H-pyrrole nitrogens is 1. The number of nitrogens with one attached hydrogen (secondary N) is 1. The van der Waals surface area contributed by atoms with E-state index in [1.165, 1.54) is 16.1 Å². The van der Waals surface area contributed by atoms with E-state index in [0.29, 0.717) is 12.4 Å². The normalized spacial score (nSPS) is 22.0. The van der Waals surface area contributed by atoms with Crippen LogP contribution >= 0.6 is 0 Å². The average Bonchev–Trinajstić information content (AvgIpc) is 3.30. The van der Waals surface area contributed by atoms with E-state index < -0.39 is 12.3 Å². The molecule has 3 N–H and O–H groups in total. The number of aromatic nitrogens is 3. The number of piperazine rings is 1. The summed E-state index contributed by atoms with van der Waals surface area (Å²) in [5.74, 6) is 6.49. The van der Waals surface area contributed by atoms with Crippen molar-refractivity contribution in [1.82, 2.24) is 24.9 Å². The molecule has 8 nitrogen and oxygen atoms in total. The lowest BCUT2D eigenvalue weighted by Crippen LogP contribution is -2.49. The minimum Gasteiger partial charge on any atom is -0.375 e. The molecule has 0 saturated carbocycles. The van der Waals surface area contributed by atoms with Gasteiger partial charge in [-0.15, -0.1) is 0 Å². The van der Waals surface area contributed by atoms with E-state index in [9.17, 15) is 4.39 Å². The number of morpholine rings is 1. The number of likely N-dealkylation sites (N-methyl/N-ethyl adjacent to an activating group) is 1. The van der Waals surface area contributed by atoms with Crippen LogP contribution in [0.1, 0.15) is 11.9 Å². The molecule has 0 radical (unpaired) electrons. The highest BCUT2D eigenvalue weighted by molar-refractivity contribution is 5.80. The number of para-hydroxylation sites is 1. The van der Waals surface area contributed by atoms with Crippen LogP contribution in [0.25, 0.3) is 21.9 Å². The second-order valence-electron chi connectivity index (χ2n) is 8.74. The van der Waals surface area contributed by atoms with Gasteiger partial charge in [0.2, 0.25) is 0 Å². The molecular weight excluding hydrogens is 433 g/mol. The highest BCUT2D eigenvalue weighted by atomic mass is 19.1. The number of hydrogen-bond acceptors (Lipinski definition) is 7. The van der Waals surface area contributed by atoms with Crippen molar-refractivity contribution in [1.29, 1.82) is 0 Å². The number of ether oxygens (including phenoxy) is 1. The minimum absolute atomic E-state index is 0.000777. The summed E-state index contributed by atoms with van der Waals surface area (Å²) in [5.41, 5.74) is 4.03. The molecule has 178 valence electrons. The van der Waals surface area contributed by atoms with Gasteiger partial charge in [0.15, 0.2) is 6.30 Å². The molecule has 2 aliphatic rings. The number of pyridine rings is 1. The topological polar surface area (TPSA) is 86.5 Å². The van der Waals surface area contributed by atoms with Gasteiger partial charge in [-0.1, -0.05) is 24.3 Å². The molecule has 9 heteroatoms. The van der Waals surface area contributed by atoms with Crippen molar-refractivity contribution in [2.45, 2.75) is 12.3 Å². The molecule has 0 amide bonds. The second-order valence-corrected chi connectivity index (χ2v) is 8.74. The van der Waals surface area contributed by atoms with Gasteiger partial charge in [-0.05, 0) is 37.4 Å². The number of anilines is 1. The Morgan fingerprint density at radius 2 is 1.79 bits per heavy atom. The van der Waals surface area contributed by atoms with Crippen LogP contribution in [0.5, 0.6) is 0 Å². The molecule has 0 bridgehead atoms. The first kappa shape index (κ1) is 22.7. The lowest BCUT2D eigenvalue weighted by molar-refractivity contribution is -0.103. The standard InChI is InChI=1S/C16H23FN6O.C9H7N/c1-21-4-6-22(7-5-21)11-2-3-12-13(8-11)20-16(19-12)14-9-24-10-15(17)23(14)18;1-2-6-9-8(4-1)5-3-7-10-9/h2-3,8,14-15H,4-7,9-10,18H2,1H3,(H,19,20);1-7H. The van der Waals surface area contributed by atoms with Gasteiger partial charge in [-0.3, -0.25) is 10.8 Å². The van der Waals surface area contributed by atoms with Gasteiger partial charge >= 0.3 is 0 Å². The maximum Gasteiger partial charge on any atom is 0.189 e. The minimum atomic E-state index is -1.31. The SMILES string of the molecule is CN1CCN(c2ccc3[nH]c(C4COCC(F)N4N)nc3c2)CC1.c1ccc2ncccc2c1. The first-order chi connectivity index (χ1) is 16.6. The van der Waals surface area contributed by atoms with E-state index >= 15 is 0 Å². The number of fused-ring (bicyclic) bond motifs is 2. The van der Waals surface area contributed by atoms with Crippen molar-refractivity contribution in [2.24, 2.45) is 5.84 Å². The van der Waals surface area contributed by atoms with Gasteiger partial charge in [0.25, 0.3) is 0 Å². The highest BCUT2D eigenvalue weighted by Crippen LogP contribution is 2.27. The van der Waals surface area contributed by atoms with E-state index in [2.05, 4.69) is 56.1 Å². The number of nitrogens with two attached hydrogens (primary N) is 1. The third kappa shape index (κ3) is 4.88. The summed E-state index contributed by atoms with van der Waals surface area (Å²) in [6.07, 6.45) is 0.500. The van der Waals surface area contributed by atoms with Gasteiger partial charge in [0, 0.05) is 43.4 Å². The fraction of sp³-hybridized carbons (Fsp3) is 0.360. The molecular formula is C25H30FN7O. The quantitative estimate of drug-likeness (QED) is 0.349. The molecule has 6 rings (SSSR count). The molecule has 4 heterocycles. The summed E-state index contributed by atoms with van der Waals surface area (Å²) < 4.78 is 19.0. The molecule has 4 aromatic rings. The first-order valence-corrected chi connectivity index (χ1v) is 11.6. The van der Waals surface area contributed by atoms with Crippen LogP contribution in [0.4, 0.5) is 10.1 Å². The van der Waals surface area contributed by atoms with E-state index in [1.807, 2.05) is 36.5 Å². The van der Waals surface area contributed by atoms with E-state index in [0.717, 1.165) is 42.7 Å². The third-order valence-electron chi connectivity index (χ3n) is 6.40. The molecule has 2 fully saturated rings. The molecule has 2 aromatic carbocycles. The zero-order valence-corrected chi connectivity index (χ0v) is 19.3. The number of imidazole rings is 1. The number of alkyl halides is 1. The fourth-order valence-corrected chi connectivity index (χ4v) is 4.31. The summed E-state index contributed by atoms with van der Waals surface area (Å²) in [5, 5.41) is 2.38. The summed E-state index contributed by atoms with van der Waals surface area (Å²) in [4.78, 5) is 16.8. The number of benzene rings is 2. The summed E-state index contributed by atoms with van der Waals surface area (Å²) in [6.45, 7) is 4.47. The Labute approximate surface area is 198 Å². The zero-order chi connectivity index (χ0) is 23.5. The maximum atomic E-state index is 13.7. The molecule has 2 unspecified atom stereocenters. The Bertz CT molecular complexity index is 1170. The van der Waals surface area contributed by atoms with Gasteiger partial charge in [-0.2, -0.15) is 5.01 Å². The van der Waals surface area contributed by atoms with Crippen LogP contribution in [-0.2, 0) is 4.74 Å². The Hall–Kier alpha value is -3.11. The zero-order valence-electron chi connectivity index (χ0n) is 19.3. The highest BCUT2D eigenvalue weighted by Gasteiger charge is 2.32. The largest absolute Gasteiger partial charge is 0.375 e. The molecule has 2 atom stereocenters. The van der Waals surface area contributed by atoms with Crippen molar-refractivity contribution >= 4 is 27.6 Å². The first-order valence-electron chi connectivity index (χ1n) is 11.6. The second kappa shape index (κ2) is 10.0. The third-order valence-corrected chi connectivity index (χ3v) is 6.40. The van der Waals surface area contributed by atoms with Crippen LogP contribution in [0, 0.1) is 0 Å². The molecule has 2 aliphatic heterocycles. The Morgan fingerprint density at radius 3 is 2.62 bits per heavy atom. The average molecular weight is 464 g/mol. The van der Waals surface area contributed by atoms with Crippen LogP contribution in [0.3, 0.4) is 0 Å². The van der Waals surface area contributed by atoms with E-state index in [-0.39, 0.29) is 6.61 Å². The van der Waals surface area contributed by atoms with Crippen LogP contribution in [0.2, 0.25) is 0 Å². The van der Waals surface area contributed by atoms with Gasteiger partial charge in [0.1, 0.15) is 11.9 Å². The number of halogens is 1. The van der Waals surface area contributed by atoms with Crippen molar-refractivity contribution in [3.05, 3.63) is 66.6 Å². The Morgan fingerprint density at radius 1 is 1.00 bits per heavy atom. The monoisotopic (exact) mass is 463 g/mol. The molecule has 0 aliphatic carbocycles. The maximum absolute atomic E-state index is 13.7. The number of hydrazine groups is 1. The lowest BCUT2D eigenvalue weighted by Gasteiger charge is -2.34.